The van der Waals surface area contributed by atoms with Gasteiger partial charge in [-0.15, -0.1) is 12.4 Å². The van der Waals surface area contributed by atoms with Crippen molar-refractivity contribution in [2.24, 2.45) is 0 Å². The minimum Gasteiger partial charge on any atom is -0.319 e. The van der Waals surface area contributed by atoms with E-state index < -0.39 is 4.92 Å². The molecule has 1 aliphatic rings. The van der Waals surface area contributed by atoms with Gasteiger partial charge in [0.1, 0.15) is 5.69 Å². The zero-order valence-electron chi connectivity index (χ0n) is 12.0. The molecule has 0 radical (unpaired) electrons. The topological polar surface area (TPSA) is 87.5 Å². The van der Waals surface area contributed by atoms with Crippen LogP contribution in [0.5, 0.6) is 0 Å². The van der Waals surface area contributed by atoms with Crippen molar-refractivity contribution in [3.63, 3.8) is 0 Å². The summed E-state index contributed by atoms with van der Waals surface area (Å²) in [6.07, 6.45) is 0. The van der Waals surface area contributed by atoms with Crippen molar-refractivity contribution in [3.8, 4) is 0 Å². The van der Waals surface area contributed by atoms with E-state index in [9.17, 15) is 14.9 Å². The highest BCUT2D eigenvalue weighted by Gasteiger charge is 2.22. The SMILES string of the molecule is C[C@H]1CNCCN1CC(=O)Nc1ccc(Cl)cc1[N+](=O)[O-].Cl. The second-order valence-electron chi connectivity index (χ2n) is 4.99. The highest BCUT2D eigenvalue weighted by atomic mass is 35.5. The molecule has 1 fully saturated rings. The summed E-state index contributed by atoms with van der Waals surface area (Å²) in [6, 6.07) is 4.44. The van der Waals surface area contributed by atoms with Crippen LogP contribution >= 0.6 is 24.0 Å². The van der Waals surface area contributed by atoms with E-state index in [-0.39, 0.29) is 47.3 Å². The number of hydrogen-bond donors (Lipinski definition) is 2. The van der Waals surface area contributed by atoms with Crippen molar-refractivity contribution in [2.75, 3.05) is 31.5 Å². The van der Waals surface area contributed by atoms with Crippen molar-refractivity contribution in [1.29, 1.82) is 0 Å². The first-order chi connectivity index (χ1) is 9.97. The summed E-state index contributed by atoms with van der Waals surface area (Å²) in [7, 11) is 0. The summed E-state index contributed by atoms with van der Waals surface area (Å²) in [5, 5.41) is 17.1. The van der Waals surface area contributed by atoms with Gasteiger partial charge in [0, 0.05) is 36.8 Å². The monoisotopic (exact) mass is 348 g/mol. The molecule has 1 amide bonds. The maximum atomic E-state index is 12.1. The number of hydrogen-bond acceptors (Lipinski definition) is 5. The van der Waals surface area contributed by atoms with Crippen LogP contribution in [0.2, 0.25) is 5.02 Å². The molecule has 2 rings (SSSR count). The van der Waals surface area contributed by atoms with E-state index in [1.54, 1.807) is 0 Å². The highest BCUT2D eigenvalue weighted by Crippen LogP contribution is 2.27. The molecule has 0 bridgehead atoms. The van der Waals surface area contributed by atoms with E-state index in [1.807, 2.05) is 11.8 Å². The number of carbonyl (C=O) groups is 1. The number of rotatable bonds is 4. The van der Waals surface area contributed by atoms with Gasteiger partial charge in [-0.2, -0.15) is 0 Å². The van der Waals surface area contributed by atoms with E-state index in [4.69, 9.17) is 11.6 Å². The summed E-state index contributed by atoms with van der Waals surface area (Å²) in [5.74, 6) is -0.269. The molecule has 0 aromatic heterocycles. The molecule has 9 heteroatoms. The average molecular weight is 349 g/mol. The Morgan fingerprint density at radius 2 is 2.32 bits per heavy atom. The third-order valence-electron chi connectivity index (χ3n) is 3.42. The molecule has 1 saturated heterocycles. The summed E-state index contributed by atoms with van der Waals surface area (Å²) in [5.41, 5.74) is -0.0404. The van der Waals surface area contributed by atoms with E-state index in [0.29, 0.717) is 0 Å². The second-order valence-corrected chi connectivity index (χ2v) is 5.43. The number of benzene rings is 1. The number of amides is 1. The first-order valence-corrected chi connectivity index (χ1v) is 7.03. The number of halogens is 2. The smallest absolute Gasteiger partial charge is 0.294 e. The molecule has 0 spiro atoms. The number of piperazine rings is 1. The van der Waals surface area contributed by atoms with Gasteiger partial charge in [-0.05, 0) is 19.1 Å². The van der Waals surface area contributed by atoms with Crippen LogP contribution in [-0.4, -0.2) is 48.0 Å². The maximum absolute atomic E-state index is 12.1. The lowest BCUT2D eigenvalue weighted by Crippen LogP contribution is -2.52. The fraction of sp³-hybridized carbons (Fsp3) is 0.462. The normalized spacial score (nSPS) is 18.4. The molecule has 1 aliphatic heterocycles. The molecule has 1 atom stereocenters. The van der Waals surface area contributed by atoms with Crippen LogP contribution in [0.4, 0.5) is 11.4 Å². The number of anilines is 1. The second kappa shape index (κ2) is 8.28. The van der Waals surface area contributed by atoms with Gasteiger partial charge in [-0.25, -0.2) is 0 Å². The van der Waals surface area contributed by atoms with E-state index in [2.05, 4.69) is 10.6 Å². The third kappa shape index (κ3) is 4.81. The molecule has 2 N–H and O–H groups in total. The molecular formula is C13H18Cl2N4O3. The van der Waals surface area contributed by atoms with Crippen LogP contribution in [0.15, 0.2) is 18.2 Å². The highest BCUT2D eigenvalue weighted by molar-refractivity contribution is 6.31. The summed E-state index contributed by atoms with van der Waals surface area (Å²) >= 11 is 5.74. The minimum atomic E-state index is -0.561. The molecule has 0 unspecified atom stereocenters. The number of nitro groups is 1. The van der Waals surface area contributed by atoms with Crippen molar-refractivity contribution >= 4 is 41.3 Å². The number of nitro benzene ring substituents is 1. The van der Waals surface area contributed by atoms with Gasteiger partial charge in [0.15, 0.2) is 0 Å². The van der Waals surface area contributed by atoms with Crippen molar-refractivity contribution in [3.05, 3.63) is 33.3 Å². The zero-order chi connectivity index (χ0) is 15.4. The van der Waals surface area contributed by atoms with Crippen LogP contribution in [0.25, 0.3) is 0 Å². The standard InChI is InChI=1S/C13H17ClN4O3.ClH/c1-9-7-15-4-5-17(9)8-13(19)16-11-3-2-10(14)6-12(11)18(20)21;/h2-3,6,9,15H,4-5,7-8H2,1H3,(H,16,19);1H/t9-;/m0./s1. The lowest BCUT2D eigenvalue weighted by Gasteiger charge is -2.33. The Morgan fingerprint density at radius 3 is 2.95 bits per heavy atom. The van der Waals surface area contributed by atoms with Crippen LogP contribution in [0.1, 0.15) is 6.92 Å². The molecule has 122 valence electrons. The first kappa shape index (κ1) is 18.6. The van der Waals surface area contributed by atoms with Crippen LogP contribution in [0, 0.1) is 10.1 Å². The van der Waals surface area contributed by atoms with Crippen LogP contribution < -0.4 is 10.6 Å². The van der Waals surface area contributed by atoms with Crippen molar-refractivity contribution < 1.29 is 9.72 Å². The average Bonchev–Trinajstić information content (AvgIpc) is 2.43. The lowest BCUT2D eigenvalue weighted by atomic mass is 10.2. The molecule has 7 nitrogen and oxygen atoms in total. The Kier molecular flexibility index (Phi) is 7.02. The molecule has 1 aromatic rings. The number of nitrogens with zero attached hydrogens (tertiary/aromatic N) is 2. The summed E-state index contributed by atoms with van der Waals surface area (Å²) < 4.78 is 0. The quantitative estimate of drug-likeness (QED) is 0.640. The van der Waals surface area contributed by atoms with Crippen molar-refractivity contribution in [1.82, 2.24) is 10.2 Å². The van der Waals surface area contributed by atoms with E-state index >= 15 is 0 Å². The Balaban J connectivity index is 0.00000242. The lowest BCUT2D eigenvalue weighted by molar-refractivity contribution is -0.383. The molecular weight excluding hydrogens is 331 g/mol. The van der Waals surface area contributed by atoms with Crippen LogP contribution in [-0.2, 0) is 4.79 Å². The Morgan fingerprint density at radius 1 is 1.59 bits per heavy atom. The molecule has 1 aromatic carbocycles. The Labute approximate surface area is 139 Å². The molecule has 22 heavy (non-hydrogen) atoms. The van der Waals surface area contributed by atoms with Gasteiger partial charge in [0.25, 0.3) is 5.69 Å². The maximum Gasteiger partial charge on any atom is 0.294 e. The molecule has 1 heterocycles. The van der Waals surface area contributed by atoms with Gasteiger partial charge < -0.3 is 10.6 Å². The minimum absolute atomic E-state index is 0. The van der Waals surface area contributed by atoms with Crippen molar-refractivity contribution in [2.45, 2.75) is 13.0 Å². The fourth-order valence-corrected chi connectivity index (χ4v) is 2.42. The van der Waals surface area contributed by atoms with Gasteiger partial charge >= 0.3 is 0 Å². The Bertz CT molecular complexity index is 556. The summed E-state index contributed by atoms with van der Waals surface area (Å²) in [6.45, 7) is 4.68. The van der Waals surface area contributed by atoms with E-state index in [1.165, 1.54) is 18.2 Å². The largest absolute Gasteiger partial charge is 0.319 e. The van der Waals surface area contributed by atoms with E-state index in [0.717, 1.165) is 19.6 Å². The van der Waals surface area contributed by atoms with Gasteiger partial charge in [-0.3, -0.25) is 19.8 Å². The predicted octanol–water partition coefficient (Wildman–Crippen LogP) is 1.90. The van der Waals surface area contributed by atoms with Gasteiger partial charge in [0.2, 0.25) is 5.91 Å². The van der Waals surface area contributed by atoms with Gasteiger partial charge in [0.05, 0.1) is 11.5 Å². The molecule has 0 saturated carbocycles. The number of nitrogens with one attached hydrogen (secondary N) is 2. The Hall–Kier alpha value is -1.41. The fourth-order valence-electron chi connectivity index (χ4n) is 2.25. The first-order valence-electron chi connectivity index (χ1n) is 6.66. The zero-order valence-corrected chi connectivity index (χ0v) is 13.6. The third-order valence-corrected chi connectivity index (χ3v) is 3.65. The van der Waals surface area contributed by atoms with Crippen LogP contribution in [0.3, 0.4) is 0 Å². The number of carbonyl (C=O) groups excluding carboxylic acids is 1. The van der Waals surface area contributed by atoms with Gasteiger partial charge in [-0.1, -0.05) is 11.6 Å². The molecule has 0 aliphatic carbocycles. The predicted molar refractivity (Wildman–Crippen MR) is 87.9 cm³/mol. The summed E-state index contributed by atoms with van der Waals surface area (Å²) in [4.78, 5) is 24.5.